The molecule has 0 aliphatic heterocycles. The number of anilines is 1. The predicted octanol–water partition coefficient (Wildman–Crippen LogP) is 3.01. The molecule has 0 unspecified atom stereocenters. The Kier molecular flexibility index (Phi) is 4.38. The molecule has 3 N–H and O–H groups in total. The molecule has 0 spiro atoms. The highest BCUT2D eigenvalue weighted by Crippen LogP contribution is 2.27. The zero-order chi connectivity index (χ0) is 17.3. The standard InChI is InChI=1S/C18H23N5O/c1-4-6-12-7-8-13-14(9-12)20-18(19)17-16(13)21-15(22-17)10-23(5-2)11(3)24/h7-9H,4-6,10H2,1-3H3,(H2,19,20)(H,21,22). The van der Waals surface area contributed by atoms with Crippen molar-refractivity contribution in [3.05, 3.63) is 29.6 Å². The number of rotatable bonds is 5. The van der Waals surface area contributed by atoms with Gasteiger partial charge in [-0.3, -0.25) is 4.79 Å². The molecule has 2 heterocycles. The molecule has 3 aromatic rings. The van der Waals surface area contributed by atoms with Crippen molar-refractivity contribution in [3.63, 3.8) is 0 Å². The summed E-state index contributed by atoms with van der Waals surface area (Å²) in [7, 11) is 0. The molecule has 0 radical (unpaired) electrons. The van der Waals surface area contributed by atoms with Crippen LogP contribution in [0.1, 0.15) is 38.6 Å². The Labute approximate surface area is 141 Å². The first-order valence-electron chi connectivity index (χ1n) is 8.35. The molecule has 1 amide bonds. The molecular formula is C18H23N5O. The average Bonchev–Trinajstić information content (AvgIpc) is 2.97. The van der Waals surface area contributed by atoms with E-state index in [9.17, 15) is 4.79 Å². The average molecular weight is 325 g/mol. The molecule has 3 rings (SSSR count). The van der Waals surface area contributed by atoms with Crippen molar-refractivity contribution in [3.8, 4) is 0 Å². The smallest absolute Gasteiger partial charge is 0.219 e. The van der Waals surface area contributed by atoms with Gasteiger partial charge in [-0.15, -0.1) is 0 Å². The number of carbonyl (C=O) groups excluding carboxylic acids is 1. The fourth-order valence-corrected chi connectivity index (χ4v) is 3.01. The van der Waals surface area contributed by atoms with E-state index in [4.69, 9.17) is 5.73 Å². The Morgan fingerprint density at radius 1 is 1.29 bits per heavy atom. The third-order valence-corrected chi connectivity index (χ3v) is 4.27. The second kappa shape index (κ2) is 6.47. The summed E-state index contributed by atoms with van der Waals surface area (Å²) in [5.41, 5.74) is 9.79. The monoisotopic (exact) mass is 325 g/mol. The van der Waals surface area contributed by atoms with Gasteiger partial charge in [0.2, 0.25) is 5.91 Å². The maximum atomic E-state index is 11.6. The van der Waals surface area contributed by atoms with Crippen molar-refractivity contribution in [1.82, 2.24) is 19.9 Å². The van der Waals surface area contributed by atoms with E-state index >= 15 is 0 Å². The van der Waals surface area contributed by atoms with Crippen LogP contribution in [0.25, 0.3) is 21.9 Å². The summed E-state index contributed by atoms with van der Waals surface area (Å²) >= 11 is 0. The zero-order valence-corrected chi connectivity index (χ0v) is 14.4. The molecule has 6 heteroatoms. The van der Waals surface area contributed by atoms with Crippen LogP contribution in [-0.4, -0.2) is 32.3 Å². The number of carbonyl (C=O) groups is 1. The molecule has 0 fully saturated rings. The number of imidazole rings is 1. The van der Waals surface area contributed by atoms with Crippen LogP contribution < -0.4 is 5.73 Å². The van der Waals surface area contributed by atoms with E-state index in [2.05, 4.69) is 40.1 Å². The van der Waals surface area contributed by atoms with E-state index in [1.165, 1.54) is 5.56 Å². The molecule has 0 saturated carbocycles. The second-order valence-electron chi connectivity index (χ2n) is 6.04. The molecular weight excluding hydrogens is 302 g/mol. The Balaban J connectivity index is 2.09. The first kappa shape index (κ1) is 16.2. The number of nitrogens with one attached hydrogen (secondary N) is 1. The summed E-state index contributed by atoms with van der Waals surface area (Å²) in [6.07, 6.45) is 2.11. The van der Waals surface area contributed by atoms with Gasteiger partial charge in [-0.2, -0.15) is 0 Å². The number of fused-ring (bicyclic) bond motifs is 3. The van der Waals surface area contributed by atoms with Crippen LogP contribution in [0.3, 0.4) is 0 Å². The van der Waals surface area contributed by atoms with Crippen molar-refractivity contribution in [2.45, 2.75) is 40.2 Å². The molecule has 0 saturated heterocycles. The van der Waals surface area contributed by atoms with Gasteiger partial charge in [0, 0.05) is 18.9 Å². The van der Waals surface area contributed by atoms with Gasteiger partial charge in [-0.25, -0.2) is 9.97 Å². The highest BCUT2D eigenvalue weighted by molar-refractivity contribution is 6.06. The van der Waals surface area contributed by atoms with Gasteiger partial charge in [0.15, 0.2) is 5.82 Å². The first-order chi connectivity index (χ1) is 11.5. The fourth-order valence-electron chi connectivity index (χ4n) is 3.01. The SMILES string of the molecule is CCCc1ccc2c(c1)nc(N)c1nc(CN(CC)C(C)=O)[nH]c12. The first-order valence-corrected chi connectivity index (χ1v) is 8.35. The molecule has 6 nitrogen and oxygen atoms in total. The van der Waals surface area contributed by atoms with Crippen molar-refractivity contribution >= 4 is 33.7 Å². The number of nitrogens with two attached hydrogens (primary N) is 1. The zero-order valence-electron chi connectivity index (χ0n) is 14.4. The number of aromatic nitrogens is 3. The van der Waals surface area contributed by atoms with E-state index in [-0.39, 0.29) is 5.91 Å². The number of aryl methyl sites for hydroxylation is 1. The summed E-state index contributed by atoms with van der Waals surface area (Å²) < 4.78 is 0. The van der Waals surface area contributed by atoms with Gasteiger partial charge in [0.1, 0.15) is 11.3 Å². The Morgan fingerprint density at radius 3 is 2.75 bits per heavy atom. The molecule has 0 bridgehead atoms. The highest BCUT2D eigenvalue weighted by atomic mass is 16.2. The lowest BCUT2D eigenvalue weighted by Crippen LogP contribution is -2.28. The Bertz CT molecular complexity index is 899. The van der Waals surface area contributed by atoms with E-state index in [1.807, 2.05) is 6.92 Å². The van der Waals surface area contributed by atoms with E-state index in [0.717, 1.165) is 35.1 Å². The molecule has 0 aliphatic rings. The number of aromatic amines is 1. The number of hydrogen-bond donors (Lipinski definition) is 2. The van der Waals surface area contributed by atoms with Crippen molar-refractivity contribution in [2.24, 2.45) is 0 Å². The predicted molar refractivity (Wildman–Crippen MR) is 96.6 cm³/mol. The largest absolute Gasteiger partial charge is 0.382 e. The maximum Gasteiger partial charge on any atom is 0.219 e. The lowest BCUT2D eigenvalue weighted by Gasteiger charge is -2.16. The molecule has 0 atom stereocenters. The molecule has 2 aromatic heterocycles. The van der Waals surface area contributed by atoms with Crippen LogP contribution in [0.4, 0.5) is 5.82 Å². The fraction of sp³-hybridized carbons (Fsp3) is 0.389. The number of nitrogens with zero attached hydrogens (tertiary/aromatic N) is 3. The Hall–Kier alpha value is -2.63. The van der Waals surface area contributed by atoms with Crippen LogP contribution in [0.2, 0.25) is 0 Å². The Morgan fingerprint density at radius 2 is 2.08 bits per heavy atom. The minimum Gasteiger partial charge on any atom is -0.382 e. The minimum atomic E-state index is 0.0260. The third kappa shape index (κ3) is 2.91. The maximum absolute atomic E-state index is 11.6. The van der Waals surface area contributed by atoms with Gasteiger partial charge >= 0.3 is 0 Å². The molecule has 0 aliphatic carbocycles. The number of amides is 1. The number of nitrogen functional groups attached to an aromatic ring is 1. The number of pyridine rings is 1. The third-order valence-electron chi connectivity index (χ3n) is 4.27. The van der Waals surface area contributed by atoms with Crippen molar-refractivity contribution < 1.29 is 4.79 Å². The summed E-state index contributed by atoms with van der Waals surface area (Å²) in [4.78, 5) is 25.7. The number of H-pyrrole nitrogens is 1. The molecule has 1 aromatic carbocycles. The van der Waals surface area contributed by atoms with Crippen molar-refractivity contribution in [2.75, 3.05) is 12.3 Å². The van der Waals surface area contributed by atoms with Gasteiger partial charge < -0.3 is 15.6 Å². The van der Waals surface area contributed by atoms with E-state index in [1.54, 1.807) is 11.8 Å². The van der Waals surface area contributed by atoms with Gasteiger partial charge in [-0.05, 0) is 25.0 Å². The summed E-state index contributed by atoms with van der Waals surface area (Å²) in [6, 6.07) is 6.28. The summed E-state index contributed by atoms with van der Waals surface area (Å²) in [6.45, 7) is 6.75. The number of hydrogen-bond acceptors (Lipinski definition) is 4. The van der Waals surface area contributed by atoms with Crippen LogP contribution in [0, 0.1) is 0 Å². The van der Waals surface area contributed by atoms with Crippen LogP contribution in [0.15, 0.2) is 18.2 Å². The lowest BCUT2D eigenvalue weighted by atomic mass is 10.1. The lowest BCUT2D eigenvalue weighted by molar-refractivity contribution is -0.129. The highest BCUT2D eigenvalue weighted by Gasteiger charge is 2.15. The topological polar surface area (TPSA) is 87.9 Å². The van der Waals surface area contributed by atoms with Crippen LogP contribution in [0.5, 0.6) is 0 Å². The van der Waals surface area contributed by atoms with E-state index < -0.39 is 0 Å². The number of benzene rings is 1. The van der Waals surface area contributed by atoms with Crippen LogP contribution >= 0.6 is 0 Å². The van der Waals surface area contributed by atoms with E-state index in [0.29, 0.717) is 24.4 Å². The van der Waals surface area contributed by atoms with Gasteiger partial charge in [-0.1, -0.05) is 25.5 Å². The normalized spacial score (nSPS) is 11.3. The van der Waals surface area contributed by atoms with Crippen molar-refractivity contribution in [1.29, 1.82) is 0 Å². The summed E-state index contributed by atoms with van der Waals surface area (Å²) in [5.74, 6) is 1.17. The second-order valence-corrected chi connectivity index (χ2v) is 6.04. The molecule has 126 valence electrons. The summed E-state index contributed by atoms with van der Waals surface area (Å²) in [5, 5.41) is 1.00. The van der Waals surface area contributed by atoms with Gasteiger partial charge in [0.25, 0.3) is 0 Å². The van der Waals surface area contributed by atoms with Crippen LogP contribution in [-0.2, 0) is 17.8 Å². The quantitative estimate of drug-likeness (QED) is 0.755. The molecule has 24 heavy (non-hydrogen) atoms. The minimum absolute atomic E-state index is 0.0260. The van der Waals surface area contributed by atoms with Gasteiger partial charge in [0.05, 0.1) is 17.6 Å².